The molecule has 2 aromatic carbocycles. The molecule has 2 aromatic heterocycles. The number of nitrogens with zero attached hydrogens (tertiary/aromatic N) is 5. The van der Waals surface area contributed by atoms with Gasteiger partial charge in [-0.05, 0) is 64.1 Å². The second-order valence-corrected chi connectivity index (χ2v) is 8.87. The van der Waals surface area contributed by atoms with Crippen LogP contribution in [0.3, 0.4) is 0 Å². The van der Waals surface area contributed by atoms with E-state index in [-0.39, 0.29) is 5.41 Å². The molecule has 4 aromatic rings. The zero-order valence-electron chi connectivity index (χ0n) is 18.5. The van der Waals surface area contributed by atoms with E-state index in [0.717, 1.165) is 22.8 Å². The topological polar surface area (TPSA) is 65.7 Å². The first kappa shape index (κ1) is 20.4. The van der Waals surface area contributed by atoms with Crippen LogP contribution in [0.25, 0.3) is 11.4 Å². The fourth-order valence-electron chi connectivity index (χ4n) is 4.72. The van der Waals surface area contributed by atoms with Crippen molar-refractivity contribution in [2.45, 2.75) is 38.7 Å². The maximum atomic E-state index is 5.94. The largest absolute Gasteiger partial charge is 0.487 e. The average molecular weight is 426 g/mol. The summed E-state index contributed by atoms with van der Waals surface area (Å²) in [5.74, 6) is 1.98. The van der Waals surface area contributed by atoms with Crippen LogP contribution in [0.2, 0.25) is 0 Å². The first-order valence-electron chi connectivity index (χ1n) is 11.1. The number of pyridine rings is 1. The second kappa shape index (κ2) is 8.54. The lowest BCUT2D eigenvalue weighted by Crippen LogP contribution is -2.33. The Bertz CT molecular complexity index is 1170. The third-order valence-corrected chi connectivity index (χ3v) is 6.64. The predicted octanol–water partition coefficient (Wildman–Crippen LogP) is 5.17. The summed E-state index contributed by atoms with van der Waals surface area (Å²) in [5.41, 5.74) is 4.87. The molecule has 0 aliphatic heterocycles. The van der Waals surface area contributed by atoms with E-state index in [1.807, 2.05) is 25.2 Å². The standard InChI is InChI=1S/C26H27N5O/c1-26(15-5-16-26)24(19-7-9-21(10-8-19)25-28-29-30-31(25)2)20-11-13-23(14-12-20)32-18-22-6-3-4-17-27-22/h3-4,6-14,17,24H,5,15-16,18H2,1-2H3. The summed E-state index contributed by atoms with van der Waals surface area (Å²) < 4.78 is 7.64. The summed E-state index contributed by atoms with van der Waals surface area (Å²) in [7, 11) is 1.86. The van der Waals surface area contributed by atoms with Crippen molar-refractivity contribution in [2.75, 3.05) is 0 Å². The van der Waals surface area contributed by atoms with E-state index in [9.17, 15) is 0 Å². The van der Waals surface area contributed by atoms with Crippen LogP contribution in [0.15, 0.2) is 72.9 Å². The van der Waals surface area contributed by atoms with Crippen molar-refractivity contribution in [3.05, 3.63) is 89.7 Å². The SMILES string of the molecule is Cn1nnnc1-c1ccc(C(c2ccc(OCc3ccccn3)cc2)C2(C)CCC2)cc1. The number of aromatic nitrogens is 5. The number of rotatable bonds is 7. The van der Waals surface area contributed by atoms with Crippen LogP contribution in [-0.4, -0.2) is 25.2 Å². The van der Waals surface area contributed by atoms with E-state index in [1.54, 1.807) is 10.9 Å². The summed E-state index contributed by atoms with van der Waals surface area (Å²) in [6.07, 6.45) is 5.56. The first-order valence-corrected chi connectivity index (χ1v) is 11.1. The number of aryl methyl sites for hydroxylation is 1. The molecule has 0 radical (unpaired) electrons. The molecular formula is C26H27N5O. The maximum absolute atomic E-state index is 5.94. The lowest BCUT2D eigenvalue weighted by molar-refractivity contribution is 0.135. The molecule has 0 spiro atoms. The first-order chi connectivity index (χ1) is 15.6. The quantitative estimate of drug-likeness (QED) is 0.408. The van der Waals surface area contributed by atoms with Gasteiger partial charge in [0.15, 0.2) is 5.82 Å². The predicted molar refractivity (Wildman–Crippen MR) is 123 cm³/mol. The van der Waals surface area contributed by atoms with Gasteiger partial charge in [-0.3, -0.25) is 4.98 Å². The van der Waals surface area contributed by atoms with E-state index in [1.165, 1.54) is 30.4 Å². The fourth-order valence-corrected chi connectivity index (χ4v) is 4.72. The molecule has 1 aliphatic carbocycles. The van der Waals surface area contributed by atoms with E-state index in [2.05, 4.69) is 76.0 Å². The van der Waals surface area contributed by atoms with Crippen molar-refractivity contribution in [1.29, 1.82) is 0 Å². The smallest absolute Gasteiger partial charge is 0.181 e. The van der Waals surface area contributed by atoms with E-state index >= 15 is 0 Å². The molecule has 1 saturated carbocycles. The molecule has 6 heteroatoms. The van der Waals surface area contributed by atoms with Crippen LogP contribution in [0.1, 0.15) is 48.9 Å². The van der Waals surface area contributed by atoms with Gasteiger partial charge in [0.25, 0.3) is 0 Å². The molecular weight excluding hydrogens is 398 g/mol. The van der Waals surface area contributed by atoms with Gasteiger partial charge in [0, 0.05) is 24.7 Å². The van der Waals surface area contributed by atoms with Gasteiger partial charge in [-0.15, -0.1) is 5.10 Å². The Morgan fingerprint density at radius 2 is 1.69 bits per heavy atom. The second-order valence-electron chi connectivity index (χ2n) is 8.87. The van der Waals surface area contributed by atoms with Crippen molar-refractivity contribution in [1.82, 2.24) is 25.2 Å². The number of hydrogen-bond donors (Lipinski definition) is 0. The third kappa shape index (κ3) is 4.00. The Morgan fingerprint density at radius 1 is 0.969 bits per heavy atom. The molecule has 2 heterocycles. The normalized spacial score (nSPS) is 15.7. The average Bonchev–Trinajstić information content (AvgIpc) is 3.24. The zero-order chi connectivity index (χ0) is 22.0. The van der Waals surface area contributed by atoms with Crippen molar-refractivity contribution in [3.63, 3.8) is 0 Å². The fraction of sp³-hybridized carbons (Fsp3) is 0.308. The van der Waals surface area contributed by atoms with Gasteiger partial charge in [-0.1, -0.05) is 55.8 Å². The molecule has 1 fully saturated rings. The zero-order valence-corrected chi connectivity index (χ0v) is 18.5. The van der Waals surface area contributed by atoms with Gasteiger partial charge >= 0.3 is 0 Å². The van der Waals surface area contributed by atoms with E-state index in [0.29, 0.717) is 12.5 Å². The van der Waals surface area contributed by atoms with E-state index in [4.69, 9.17) is 4.74 Å². The highest BCUT2D eigenvalue weighted by atomic mass is 16.5. The number of ether oxygens (including phenoxy) is 1. The highest BCUT2D eigenvalue weighted by Gasteiger charge is 2.41. The van der Waals surface area contributed by atoms with Gasteiger partial charge in [0.05, 0.1) is 5.69 Å². The van der Waals surface area contributed by atoms with Gasteiger partial charge in [0.1, 0.15) is 12.4 Å². The highest BCUT2D eigenvalue weighted by molar-refractivity contribution is 5.56. The Morgan fingerprint density at radius 3 is 2.25 bits per heavy atom. The minimum atomic E-state index is 0.268. The van der Waals surface area contributed by atoms with Crippen LogP contribution in [0, 0.1) is 5.41 Å². The molecule has 0 amide bonds. The summed E-state index contributed by atoms with van der Waals surface area (Å²) >= 11 is 0. The monoisotopic (exact) mass is 425 g/mol. The Balaban J connectivity index is 1.38. The third-order valence-electron chi connectivity index (χ3n) is 6.64. The molecule has 1 unspecified atom stereocenters. The van der Waals surface area contributed by atoms with Crippen LogP contribution in [0.5, 0.6) is 5.75 Å². The Hall–Kier alpha value is -3.54. The molecule has 162 valence electrons. The number of hydrogen-bond acceptors (Lipinski definition) is 5. The highest BCUT2D eigenvalue weighted by Crippen LogP contribution is 2.54. The molecule has 1 aliphatic rings. The molecule has 0 saturated heterocycles. The molecule has 1 atom stereocenters. The minimum Gasteiger partial charge on any atom is -0.487 e. The van der Waals surface area contributed by atoms with Crippen LogP contribution < -0.4 is 4.74 Å². The summed E-state index contributed by atoms with van der Waals surface area (Å²) in [4.78, 5) is 4.32. The van der Waals surface area contributed by atoms with Crippen molar-refractivity contribution in [3.8, 4) is 17.1 Å². The van der Waals surface area contributed by atoms with Gasteiger partial charge in [0.2, 0.25) is 0 Å². The number of benzene rings is 2. The number of tetrazole rings is 1. The lowest BCUT2D eigenvalue weighted by Gasteiger charge is -2.46. The molecule has 0 bridgehead atoms. The molecule has 0 N–H and O–H groups in total. The van der Waals surface area contributed by atoms with Crippen LogP contribution in [-0.2, 0) is 13.7 Å². The summed E-state index contributed by atoms with van der Waals surface area (Å²) in [5, 5.41) is 11.8. The van der Waals surface area contributed by atoms with Crippen LogP contribution in [0.4, 0.5) is 0 Å². The van der Waals surface area contributed by atoms with Crippen molar-refractivity contribution in [2.24, 2.45) is 12.5 Å². The Kier molecular flexibility index (Phi) is 5.43. The molecule has 6 nitrogen and oxygen atoms in total. The van der Waals surface area contributed by atoms with Gasteiger partial charge in [-0.2, -0.15) is 0 Å². The summed E-state index contributed by atoms with van der Waals surface area (Å²) in [6.45, 7) is 2.88. The maximum Gasteiger partial charge on any atom is 0.181 e. The van der Waals surface area contributed by atoms with E-state index < -0.39 is 0 Å². The molecule has 32 heavy (non-hydrogen) atoms. The van der Waals surface area contributed by atoms with Gasteiger partial charge in [-0.25, -0.2) is 4.68 Å². The summed E-state index contributed by atoms with van der Waals surface area (Å²) in [6, 6.07) is 23.1. The van der Waals surface area contributed by atoms with Crippen molar-refractivity contribution < 1.29 is 4.74 Å². The van der Waals surface area contributed by atoms with Gasteiger partial charge < -0.3 is 4.74 Å². The molecule has 5 rings (SSSR count). The lowest BCUT2D eigenvalue weighted by atomic mass is 9.59. The van der Waals surface area contributed by atoms with Crippen LogP contribution >= 0.6 is 0 Å². The Labute approximate surface area is 188 Å². The minimum absolute atomic E-state index is 0.268. The van der Waals surface area contributed by atoms with Crippen molar-refractivity contribution >= 4 is 0 Å².